The quantitative estimate of drug-likeness (QED) is 0.773. The predicted molar refractivity (Wildman–Crippen MR) is 59.2 cm³/mol. The SMILES string of the molecule is CCOc1cccc(S)c1CC(C)=O. The smallest absolute Gasteiger partial charge is 0.134 e. The highest BCUT2D eigenvalue weighted by Gasteiger charge is 2.08. The molecule has 1 aromatic rings. The van der Waals surface area contributed by atoms with E-state index in [2.05, 4.69) is 12.6 Å². The van der Waals surface area contributed by atoms with E-state index < -0.39 is 0 Å². The number of ether oxygens (including phenoxy) is 1. The van der Waals surface area contributed by atoms with Gasteiger partial charge in [-0.3, -0.25) is 4.79 Å². The third kappa shape index (κ3) is 2.77. The zero-order valence-corrected chi connectivity index (χ0v) is 9.30. The summed E-state index contributed by atoms with van der Waals surface area (Å²) in [7, 11) is 0. The van der Waals surface area contributed by atoms with E-state index in [9.17, 15) is 4.79 Å². The number of thiol groups is 1. The van der Waals surface area contributed by atoms with Crippen LogP contribution in [0.15, 0.2) is 23.1 Å². The Morgan fingerprint density at radius 2 is 2.21 bits per heavy atom. The first-order valence-corrected chi connectivity index (χ1v) is 5.03. The second-order valence-corrected chi connectivity index (χ2v) is 3.55. The Balaban J connectivity index is 3.02. The van der Waals surface area contributed by atoms with E-state index >= 15 is 0 Å². The molecule has 0 N–H and O–H groups in total. The van der Waals surface area contributed by atoms with Gasteiger partial charge in [-0.05, 0) is 26.0 Å². The summed E-state index contributed by atoms with van der Waals surface area (Å²) < 4.78 is 5.42. The van der Waals surface area contributed by atoms with Crippen molar-refractivity contribution in [2.24, 2.45) is 0 Å². The first kappa shape index (κ1) is 11.1. The van der Waals surface area contributed by atoms with Gasteiger partial charge in [0.15, 0.2) is 0 Å². The molecule has 0 saturated heterocycles. The minimum Gasteiger partial charge on any atom is -0.494 e. The molecule has 1 aromatic carbocycles. The van der Waals surface area contributed by atoms with E-state index in [0.717, 1.165) is 16.2 Å². The average molecular weight is 210 g/mol. The molecule has 2 nitrogen and oxygen atoms in total. The summed E-state index contributed by atoms with van der Waals surface area (Å²) in [5, 5.41) is 0. The molecule has 1 rings (SSSR count). The Kier molecular flexibility index (Phi) is 4.01. The summed E-state index contributed by atoms with van der Waals surface area (Å²) in [6.45, 7) is 4.08. The monoisotopic (exact) mass is 210 g/mol. The molecule has 0 fully saturated rings. The lowest BCUT2D eigenvalue weighted by Gasteiger charge is -2.10. The van der Waals surface area contributed by atoms with Gasteiger partial charge in [-0.25, -0.2) is 0 Å². The molecule has 3 heteroatoms. The molecule has 0 amide bonds. The third-order valence-electron chi connectivity index (χ3n) is 1.83. The lowest BCUT2D eigenvalue weighted by Crippen LogP contribution is -2.02. The molecule has 0 aliphatic carbocycles. The van der Waals surface area contributed by atoms with Crippen LogP contribution < -0.4 is 4.74 Å². The lowest BCUT2D eigenvalue weighted by molar-refractivity contribution is -0.116. The van der Waals surface area contributed by atoms with E-state index in [4.69, 9.17) is 4.74 Å². The van der Waals surface area contributed by atoms with Crippen LogP contribution in [0.2, 0.25) is 0 Å². The van der Waals surface area contributed by atoms with Crippen molar-refractivity contribution in [2.75, 3.05) is 6.61 Å². The van der Waals surface area contributed by atoms with Crippen LogP contribution in [0.25, 0.3) is 0 Å². The molecular formula is C11H14O2S. The molecule has 0 saturated carbocycles. The van der Waals surface area contributed by atoms with Crippen molar-refractivity contribution >= 4 is 18.4 Å². The Labute approximate surface area is 89.7 Å². The summed E-state index contributed by atoms with van der Waals surface area (Å²) in [6, 6.07) is 5.60. The van der Waals surface area contributed by atoms with E-state index in [-0.39, 0.29) is 5.78 Å². The van der Waals surface area contributed by atoms with Gasteiger partial charge >= 0.3 is 0 Å². The van der Waals surface area contributed by atoms with E-state index in [1.165, 1.54) is 0 Å². The minimum absolute atomic E-state index is 0.118. The van der Waals surface area contributed by atoms with E-state index in [1.807, 2.05) is 25.1 Å². The molecule has 76 valence electrons. The number of ketones is 1. The van der Waals surface area contributed by atoms with Crippen LogP contribution in [0, 0.1) is 0 Å². The normalized spacial score (nSPS) is 9.93. The van der Waals surface area contributed by atoms with Crippen molar-refractivity contribution in [3.63, 3.8) is 0 Å². The zero-order chi connectivity index (χ0) is 10.6. The second kappa shape index (κ2) is 5.05. The third-order valence-corrected chi connectivity index (χ3v) is 2.25. The van der Waals surface area contributed by atoms with Gasteiger partial charge < -0.3 is 4.74 Å². The van der Waals surface area contributed by atoms with Crippen LogP contribution in [0.3, 0.4) is 0 Å². The Morgan fingerprint density at radius 1 is 1.50 bits per heavy atom. The fourth-order valence-electron chi connectivity index (χ4n) is 1.27. The molecule has 0 atom stereocenters. The molecule has 0 unspecified atom stereocenters. The van der Waals surface area contributed by atoms with E-state index in [1.54, 1.807) is 6.92 Å². The molecular weight excluding hydrogens is 196 g/mol. The number of hydrogen-bond donors (Lipinski definition) is 1. The number of carbonyl (C=O) groups is 1. The fourth-order valence-corrected chi connectivity index (χ4v) is 1.55. The highest BCUT2D eigenvalue weighted by atomic mass is 32.1. The van der Waals surface area contributed by atoms with Crippen molar-refractivity contribution in [1.82, 2.24) is 0 Å². The summed E-state index contributed by atoms with van der Waals surface area (Å²) in [6.07, 6.45) is 0.384. The van der Waals surface area contributed by atoms with Gasteiger partial charge in [0.25, 0.3) is 0 Å². The maximum absolute atomic E-state index is 11.0. The van der Waals surface area contributed by atoms with Gasteiger partial charge in [0.1, 0.15) is 11.5 Å². The van der Waals surface area contributed by atoms with Crippen LogP contribution in [0.4, 0.5) is 0 Å². The zero-order valence-electron chi connectivity index (χ0n) is 8.41. The Bertz CT molecular complexity index is 334. The van der Waals surface area contributed by atoms with Crippen molar-refractivity contribution < 1.29 is 9.53 Å². The molecule has 0 aliphatic heterocycles. The van der Waals surface area contributed by atoms with Crippen LogP contribution >= 0.6 is 12.6 Å². The first-order chi connectivity index (χ1) is 6.65. The van der Waals surface area contributed by atoms with Crippen molar-refractivity contribution in [3.05, 3.63) is 23.8 Å². The summed E-state index contributed by atoms with van der Waals surface area (Å²) >= 11 is 4.30. The van der Waals surface area contributed by atoms with E-state index in [0.29, 0.717) is 13.0 Å². The molecule has 0 heterocycles. The summed E-state index contributed by atoms with van der Waals surface area (Å²) in [4.78, 5) is 11.8. The molecule has 0 spiro atoms. The molecule has 0 radical (unpaired) electrons. The number of rotatable bonds is 4. The predicted octanol–water partition coefficient (Wildman–Crippen LogP) is 2.51. The first-order valence-electron chi connectivity index (χ1n) is 4.58. The van der Waals surface area contributed by atoms with Gasteiger partial charge in [-0.15, -0.1) is 12.6 Å². The van der Waals surface area contributed by atoms with Crippen molar-refractivity contribution in [2.45, 2.75) is 25.2 Å². The van der Waals surface area contributed by atoms with Gasteiger partial charge in [0, 0.05) is 16.9 Å². The largest absolute Gasteiger partial charge is 0.494 e. The van der Waals surface area contributed by atoms with Crippen LogP contribution in [-0.2, 0) is 11.2 Å². The molecule has 0 aliphatic rings. The second-order valence-electron chi connectivity index (χ2n) is 3.07. The number of carbonyl (C=O) groups excluding carboxylic acids is 1. The Morgan fingerprint density at radius 3 is 2.79 bits per heavy atom. The average Bonchev–Trinajstić information content (AvgIpc) is 2.11. The van der Waals surface area contributed by atoms with Crippen molar-refractivity contribution in [1.29, 1.82) is 0 Å². The number of benzene rings is 1. The van der Waals surface area contributed by atoms with Gasteiger partial charge in [-0.2, -0.15) is 0 Å². The van der Waals surface area contributed by atoms with Crippen LogP contribution in [-0.4, -0.2) is 12.4 Å². The Hall–Kier alpha value is -0.960. The fraction of sp³-hybridized carbons (Fsp3) is 0.364. The maximum Gasteiger partial charge on any atom is 0.134 e. The highest BCUT2D eigenvalue weighted by Crippen LogP contribution is 2.25. The molecule has 0 aromatic heterocycles. The maximum atomic E-state index is 11.0. The standard InChI is InChI=1S/C11H14O2S/c1-3-13-10-5-4-6-11(14)9(10)7-8(2)12/h4-6,14H,3,7H2,1-2H3. The molecule has 0 bridgehead atoms. The van der Waals surface area contributed by atoms with Gasteiger partial charge in [0.05, 0.1) is 6.61 Å². The summed E-state index contributed by atoms with van der Waals surface area (Å²) in [5.41, 5.74) is 0.880. The topological polar surface area (TPSA) is 26.3 Å². The number of hydrogen-bond acceptors (Lipinski definition) is 3. The van der Waals surface area contributed by atoms with Gasteiger partial charge in [0.2, 0.25) is 0 Å². The number of Topliss-reactive ketones (excluding diaryl/α,β-unsaturated/α-hetero) is 1. The lowest BCUT2D eigenvalue weighted by atomic mass is 10.1. The van der Waals surface area contributed by atoms with Gasteiger partial charge in [-0.1, -0.05) is 6.07 Å². The minimum atomic E-state index is 0.118. The molecule has 14 heavy (non-hydrogen) atoms. The summed E-state index contributed by atoms with van der Waals surface area (Å²) in [5.74, 6) is 0.877. The highest BCUT2D eigenvalue weighted by molar-refractivity contribution is 7.80. The van der Waals surface area contributed by atoms with Crippen LogP contribution in [0.5, 0.6) is 5.75 Å². The van der Waals surface area contributed by atoms with Crippen molar-refractivity contribution in [3.8, 4) is 5.75 Å². The van der Waals surface area contributed by atoms with Crippen LogP contribution in [0.1, 0.15) is 19.4 Å².